The Morgan fingerprint density at radius 2 is 0.738 bits per heavy atom. The Hall–Kier alpha value is -1.34. The molecule has 0 heterocycles. The summed E-state index contributed by atoms with van der Waals surface area (Å²) < 4.78 is 16.6. The minimum absolute atomic E-state index is 0. The smallest absolute Gasteiger partial charge is 0.311 e. The van der Waals surface area contributed by atoms with E-state index in [1.807, 2.05) is 62.3 Å². The summed E-state index contributed by atoms with van der Waals surface area (Å²) in [6.07, 6.45) is 13.9. The number of ether oxygens (including phenoxy) is 3. The fourth-order valence-corrected chi connectivity index (χ4v) is 3.38. The lowest BCUT2D eigenvalue weighted by Crippen LogP contribution is -3.00. The fraction of sp³-hybridized carbons (Fsp3) is 0.912. The van der Waals surface area contributed by atoms with Gasteiger partial charge < -0.3 is 31.1 Å². The number of carbonyl (C=O) groups is 3. The van der Waals surface area contributed by atoms with Crippen molar-refractivity contribution < 1.29 is 45.5 Å². The van der Waals surface area contributed by atoms with E-state index in [4.69, 9.17) is 14.2 Å². The van der Waals surface area contributed by atoms with Gasteiger partial charge in [-0.3, -0.25) is 14.4 Å². The molecule has 0 aliphatic carbocycles. The van der Waals surface area contributed by atoms with Gasteiger partial charge in [-0.05, 0) is 80.1 Å². The monoisotopic (exact) mass is 621 g/mol. The first-order chi connectivity index (χ1) is 18.9. The third-order valence-corrected chi connectivity index (χ3v) is 8.07. The summed E-state index contributed by atoms with van der Waals surface area (Å²) >= 11 is 0. The number of halogens is 1. The van der Waals surface area contributed by atoms with E-state index < -0.39 is 10.8 Å². The highest BCUT2D eigenvalue weighted by Crippen LogP contribution is 2.23. The molecule has 0 aliphatic rings. The number of rotatable bonds is 21. The van der Waals surface area contributed by atoms with Gasteiger partial charge in [0.2, 0.25) is 0 Å². The molecule has 0 bridgehead atoms. The molecule has 0 spiro atoms. The molecule has 0 amide bonds. The Bertz CT molecular complexity index is 698. The number of hydrogen-bond donors (Lipinski definition) is 0. The Morgan fingerprint density at radius 1 is 0.476 bits per heavy atom. The molecule has 0 saturated heterocycles. The number of carbonyl (C=O) groups excluding carboxylic acids is 3. The third kappa shape index (κ3) is 23.2. The van der Waals surface area contributed by atoms with Crippen molar-refractivity contribution >= 4 is 17.9 Å². The summed E-state index contributed by atoms with van der Waals surface area (Å²) in [6, 6.07) is 0. The van der Waals surface area contributed by atoms with Crippen molar-refractivity contribution in [2.24, 2.45) is 16.2 Å². The Balaban J connectivity index is -0.000000728. The van der Waals surface area contributed by atoms with Gasteiger partial charge >= 0.3 is 17.9 Å². The maximum atomic E-state index is 11.8. The average Bonchev–Trinajstić information content (AvgIpc) is 2.90. The third-order valence-electron chi connectivity index (χ3n) is 8.07. The summed E-state index contributed by atoms with van der Waals surface area (Å²) in [5, 5.41) is 0. The van der Waals surface area contributed by atoms with Gasteiger partial charge in [0, 0.05) is 0 Å². The quantitative estimate of drug-likeness (QED) is 0.0765. The summed E-state index contributed by atoms with van der Waals surface area (Å²) in [7, 11) is 6.79. The number of hydrogen-bond acceptors (Lipinski definition) is 6. The van der Waals surface area contributed by atoms with Crippen LogP contribution in [-0.2, 0) is 28.6 Å². The van der Waals surface area contributed by atoms with Crippen LogP contribution in [0.4, 0.5) is 0 Å². The van der Waals surface area contributed by atoms with Gasteiger partial charge in [0.15, 0.2) is 0 Å². The lowest BCUT2D eigenvalue weighted by atomic mass is 9.90. The molecule has 0 aromatic rings. The van der Waals surface area contributed by atoms with E-state index in [-0.39, 0.29) is 48.9 Å². The minimum atomic E-state index is -0.479. The predicted octanol–water partition coefficient (Wildman–Crippen LogP) is 5.13. The Morgan fingerprint density at radius 3 is 1.02 bits per heavy atom. The minimum Gasteiger partial charge on any atom is -1.00 e. The summed E-state index contributed by atoms with van der Waals surface area (Å²) in [6.45, 7) is 19.3. The summed E-state index contributed by atoms with van der Waals surface area (Å²) in [5.41, 5.74) is -1.29. The Labute approximate surface area is 266 Å². The van der Waals surface area contributed by atoms with Gasteiger partial charge in [-0.25, -0.2) is 0 Å². The van der Waals surface area contributed by atoms with Crippen LogP contribution in [0.3, 0.4) is 0 Å². The highest BCUT2D eigenvalue weighted by atomic mass is 35.5. The maximum absolute atomic E-state index is 11.8. The predicted molar refractivity (Wildman–Crippen MR) is 170 cm³/mol. The van der Waals surface area contributed by atoms with E-state index >= 15 is 0 Å². The van der Waals surface area contributed by atoms with Crippen molar-refractivity contribution in [1.29, 1.82) is 0 Å². The molecule has 0 saturated carbocycles. The molecule has 0 rings (SSSR count). The van der Waals surface area contributed by atoms with E-state index in [0.717, 1.165) is 17.3 Å². The molecule has 8 heteroatoms. The standard InChI is InChI=1S/C20H42NO2.C14H26O4.ClH/c1-7-20(2,3)19(22)23-18-16-14-12-10-8-9-11-13-15-17-21(4,5)6;1-7-13(3,4)11(15)17-9-10-18-12(16)14(5,6)8-2;/h7-18H2,1-6H3;7-10H2,1-6H3;1H/q+1;;/p-1. The molecule has 0 fully saturated rings. The van der Waals surface area contributed by atoms with Crippen molar-refractivity contribution in [2.45, 2.75) is 139 Å². The first-order valence-electron chi connectivity index (χ1n) is 16.2. The van der Waals surface area contributed by atoms with E-state index in [1.165, 1.54) is 57.9 Å². The van der Waals surface area contributed by atoms with Crippen LogP contribution in [0.15, 0.2) is 0 Å². The van der Waals surface area contributed by atoms with Gasteiger partial charge in [0.1, 0.15) is 13.2 Å². The second-order valence-electron chi connectivity index (χ2n) is 14.3. The van der Waals surface area contributed by atoms with Crippen LogP contribution < -0.4 is 12.4 Å². The lowest BCUT2D eigenvalue weighted by Gasteiger charge is -2.23. The summed E-state index contributed by atoms with van der Waals surface area (Å²) in [5.74, 6) is -0.555. The zero-order chi connectivity index (χ0) is 32.2. The first kappa shape index (κ1) is 45.1. The molecular weight excluding hydrogens is 554 g/mol. The highest BCUT2D eigenvalue weighted by molar-refractivity contribution is 5.76. The normalized spacial score (nSPS) is 12.0. The lowest BCUT2D eigenvalue weighted by molar-refractivity contribution is -0.870. The van der Waals surface area contributed by atoms with Gasteiger partial charge in [0.25, 0.3) is 0 Å². The largest absolute Gasteiger partial charge is 1.00 e. The molecule has 7 nitrogen and oxygen atoms in total. The molecule has 0 aromatic heterocycles. The van der Waals surface area contributed by atoms with Crippen LogP contribution in [0.1, 0.15) is 139 Å². The zero-order valence-electron chi connectivity index (χ0n) is 29.6. The Kier molecular flexibility index (Phi) is 24.8. The molecule has 0 atom stereocenters. The molecule has 42 heavy (non-hydrogen) atoms. The van der Waals surface area contributed by atoms with Gasteiger partial charge in [0.05, 0.1) is 50.5 Å². The second kappa shape index (κ2) is 23.1. The van der Waals surface area contributed by atoms with Crippen molar-refractivity contribution in [1.82, 2.24) is 0 Å². The van der Waals surface area contributed by atoms with Crippen molar-refractivity contribution in [3.8, 4) is 0 Å². The highest BCUT2D eigenvalue weighted by Gasteiger charge is 2.29. The molecule has 0 N–H and O–H groups in total. The molecule has 0 aliphatic heterocycles. The zero-order valence-corrected chi connectivity index (χ0v) is 30.3. The van der Waals surface area contributed by atoms with Crippen molar-refractivity contribution in [2.75, 3.05) is 47.5 Å². The van der Waals surface area contributed by atoms with Crippen molar-refractivity contribution in [3.05, 3.63) is 0 Å². The molecule has 0 radical (unpaired) electrons. The fourth-order valence-electron chi connectivity index (χ4n) is 3.38. The molecular formula is C34H68ClNO6. The van der Waals surface area contributed by atoms with E-state index in [9.17, 15) is 14.4 Å². The van der Waals surface area contributed by atoms with E-state index in [0.29, 0.717) is 19.4 Å². The maximum Gasteiger partial charge on any atom is 0.311 e. The number of quaternary nitrogens is 1. The molecule has 0 unspecified atom stereocenters. The molecule has 252 valence electrons. The second-order valence-corrected chi connectivity index (χ2v) is 14.3. The van der Waals surface area contributed by atoms with Crippen LogP contribution in [0, 0.1) is 16.2 Å². The van der Waals surface area contributed by atoms with E-state index in [2.05, 4.69) is 21.1 Å². The molecule has 0 aromatic carbocycles. The number of esters is 3. The van der Waals surface area contributed by atoms with Crippen LogP contribution >= 0.6 is 0 Å². The van der Waals surface area contributed by atoms with Gasteiger partial charge in [-0.15, -0.1) is 0 Å². The van der Waals surface area contributed by atoms with Crippen molar-refractivity contribution in [3.63, 3.8) is 0 Å². The average molecular weight is 622 g/mol. The van der Waals surface area contributed by atoms with Crippen LogP contribution in [0.25, 0.3) is 0 Å². The van der Waals surface area contributed by atoms with Gasteiger partial charge in [-0.2, -0.15) is 0 Å². The SMILES string of the molecule is CCC(C)(C)C(=O)OCCCCCCCCCCC[N+](C)(C)C.CCC(C)(C)C(=O)OCCOC(=O)C(C)(C)CC.[Cl-]. The van der Waals surface area contributed by atoms with Crippen LogP contribution in [0.2, 0.25) is 0 Å². The topological polar surface area (TPSA) is 78.9 Å². The number of unbranched alkanes of at least 4 members (excludes halogenated alkanes) is 8. The number of nitrogens with zero attached hydrogens (tertiary/aromatic N) is 1. The first-order valence-corrected chi connectivity index (χ1v) is 16.2. The van der Waals surface area contributed by atoms with Gasteiger partial charge in [-0.1, -0.05) is 59.3 Å². The van der Waals surface area contributed by atoms with E-state index in [1.54, 1.807) is 0 Å². The van der Waals surface area contributed by atoms with Crippen LogP contribution in [0.5, 0.6) is 0 Å². The van der Waals surface area contributed by atoms with Crippen LogP contribution in [-0.4, -0.2) is 69.9 Å². The summed E-state index contributed by atoms with van der Waals surface area (Å²) in [4.78, 5) is 35.1.